The zero-order chi connectivity index (χ0) is 18.3. The number of fused-ring (bicyclic) bond motifs is 3. The maximum absolute atomic E-state index is 12.4. The van der Waals surface area contributed by atoms with E-state index in [1.54, 1.807) is 6.92 Å². The summed E-state index contributed by atoms with van der Waals surface area (Å²) < 4.78 is 0. The molecular weight excluding hydrogens is 330 g/mol. The Morgan fingerprint density at radius 1 is 1.00 bits per heavy atom. The molecule has 1 unspecified atom stereocenters. The van der Waals surface area contributed by atoms with Gasteiger partial charge in [-0.1, -0.05) is 55.5 Å². The zero-order valence-electron chi connectivity index (χ0n) is 14.5. The molecule has 26 heavy (non-hydrogen) atoms. The molecule has 5 nitrogen and oxygen atoms in total. The van der Waals surface area contributed by atoms with Crippen LogP contribution in [0.5, 0.6) is 0 Å². The summed E-state index contributed by atoms with van der Waals surface area (Å²) in [4.78, 5) is 40.8. The molecule has 1 heterocycles. The number of hydroxylamine groups is 2. The fourth-order valence-corrected chi connectivity index (χ4v) is 3.80. The predicted octanol–water partition coefficient (Wildman–Crippen LogP) is 3.43. The first-order chi connectivity index (χ1) is 12.6. The summed E-state index contributed by atoms with van der Waals surface area (Å²) >= 11 is 0. The highest BCUT2D eigenvalue weighted by molar-refractivity contribution is 6.01. The molecule has 1 fully saturated rings. The van der Waals surface area contributed by atoms with E-state index in [2.05, 4.69) is 24.3 Å². The topological polar surface area (TPSA) is 63.7 Å². The molecule has 2 aromatic rings. The van der Waals surface area contributed by atoms with Crippen molar-refractivity contribution in [1.82, 2.24) is 5.06 Å². The average Bonchev–Trinajstić information content (AvgIpc) is 3.14. The third-order valence-electron chi connectivity index (χ3n) is 5.14. The van der Waals surface area contributed by atoms with Crippen LogP contribution in [0.25, 0.3) is 11.1 Å². The van der Waals surface area contributed by atoms with Gasteiger partial charge in [0.2, 0.25) is 0 Å². The number of nitrogens with zero attached hydrogens (tertiary/aromatic N) is 1. The lowest BCUT2D eigenvalue weighted by Crippen LogP contribution is -2.34. The summed E-state index contributed by atoms with van der Waals surface area (Å²) in [6.45, 7) is 1.77. The third-order valence-corrected chi connectivity index (χ3v) is 5.14. The second-order valence-electron chi connectivity index (χ2n) is 6.86. The first-order valence-corrected chi connectivity index (χ1v) is 8.82. The number of imide groups is 1. The third kappa shape index (κ3) is 2.69. The number of benzene rings is 2. The van der Waals surface area contributed by atoms with Gasteiger partial charge in [0.1, 0.15) is 0 Å². The Kier molecular flexibility index (Phi) is 4.07. The molecule has 1 saturated heterocycles. The Balaban J connectivity index is 1.54. The van der Waals surface area contributed by atoms with Gasteiger partial charge in [0.25, 0.3) is 11.8 Å². The van der Waals surface area contributed by atoms with Gasteiger partial charge in [0.15, 0.2) is 0 Å². The minimum Gasteiger partial charge on any atom is -0.330 e. The highest BCUT2D eigenvalue weighted by Gasteiger charge is 2.36. The van der Waals surface area contributed by atoms with Crippen molar-refractivity contribution in [2.75, 3.05) is 0 Å². The molecule has 0 radical (unpaired) electrons. The summed E-state index contributed by atoms with van der Waals surface area (Å²) in [5, 5.41) is 0.620. The van der Waals surface area contributed by atoms with Crippen molar-refractivity contribution < 1.29 is 19.2 Å². The van der Waals surface area contributed by atoms with E-state index in [-0.39, 0.29) is 18.8 Å². The summed E-state index contributed by atoms with van der Waals surface area (Å²) in [6, 6.07) is 16.4. The molecule has 1 aliphatic carbocycles. The molecule has 0 bridgehead atoms. The lowest BCUT2D eigenvalue weighted by atomic mass is 9.88. The van der Waals surface area contributed by atoms with Gasteiger partial charge in [0, 0.05) is 18.8 Å². The quantitative estimate of drug-likeness (QED) is 0.793. The van der Waals surface area contributed by atoms with E-state index in [4.69, 9.17) is 4.84 Å². The fraction of sp³-hybridized carbons (Fsp3) is 0.286. The van der Waals surface area contributed by atoms with Crippen LogP contribution in [0, 0.1) is 5.92 Å². The SMILES string of the molecule is CC(CC1c2ccccc2-c2ccccc21)C(=O)ON1C(=O)CCC1=O. The minimum absolute atomic E-state index is 0.0925. The maximum atomic E-state index is 12.4. The Hall–Kier alpha value is -2.95. The second-order valence-corrected chi connectivity index (χ2v) is 6.86. The van der Waals surface area contributed by atoms with Gasteiger partial charge >= 0.3 is 5.97 Å². The van der Waals surface area contributed by atoms with Crippen LogP contribution in [-0.2, 0) is 19.2 Å². The molecule has 4 rings (SSSR count). The summed E-state index contributed by atoms with van der Waals surface area (Å²) in [5.74, 6) is -1.80. The first kappa shape index (κ1) is 16.5. The largest absolute Gasteiger partial charge is 0.336 e. The van der Waals surface area contributed by atoms with Gasteiger partial charge in [-0.15, -0.1) is 5.06 Å². The van der Waals surface area contributed by atoms with E-state index in [0.29, 0.717) is 11.5 Å². The van der Waals surface area contributed by atoms with Gasteiger partial charge in [-0.3, -0.25) is 9.59 Å². The highest BCUT2D eigenvalue weighted by Crippen LogP contribution is 2.47. The van der Waals surface area contributed by atoms with E-state index >= 15 is 0 Å². The van der Waals surface area contributed by atoms with Crippen LogP contribution < -0.4 is 0 Å². The molecule has 2 amide bonds. The molecule has 1 aliphatic heterocycles. The highest BCUT2D eigenvalue weighted by atomic mass is 16.7. The Morgan fingerprint density at radius 3 is 2.04 bits per heavy atom. The van der Waals surface area contributed by atoms with Gasteiger partial charge in [-0.05, 0) is 28.7 Å². The standard InChI is InChI=1S/C21H19NO4/c1-13(21(25)26-22-19(23)10-11-20(22)24)12-18-16-8-4-2-6-14(16)15-7-3-5-9-17(15)18/h2-9,13,18H,10-12H2,1H3. The molecule has 0 N–H and O–H groups in total. The molecule has 0 aromatic heterocycles. The van der Waals surface area contributed by atoms with Gasteiger partial charge in [-0.25, -0.2) is 4.79 Å². The van der Waals surface area contributed by atoms with Crippen LogP contribution in [0.3, 0.4) is 0 Å². The molecule has 0 saturated carbocycles. The molecule has 1 atom stereocenters. The summed E-state index contributed by atoms with van der Waals surface area (Å²) in [7, 11) is 0. The number of hydrogen-bond acceptors (Lipinski definition) is 4. The van der Waals surface area contributed by atoms with E-state index in [1.807, 2.05) is 24.3 Å². The molecule has 2 aliphatic rings. The Bertz CT molecular complexity index is 843. The van der Waals surface area contributed by atoms with Crippen LogP contribution in [0.2, 0.25) is 0 Å². The molecule has 0 spiro atoms. The predicted molar refractivity (Wildman–Crippen MR) is 94.7 cm³/mol. The van der Waals surface area contributed by atoms with Crippen molar-refractivity contribution in [3.05, 3.63) is 59.7 Å². The summed E-state index contributed by atoms with van der Waals surface area (Å²) in [5.41, 5.74) is 4.78. The number of hydrogen-bond donors (Lipinski definition) is 0. The van der Waals surface area contributed by atoms with Gasteiger partial charge in [-0.2, -0.15) is 0 Å². The Morgan fingerprint density at radius 2 is 1.50 bits per heavy atom. The summed E-state index contributed by atoms with van der Waals surface area (Å²) in [6.07, 6.45) is 0.761. The van der Waals surface area contributed by atoms with Crippen LogP contribution in [0.15, 0.2) is 48.5 Å². The smallest absolute Gasteiger partial charge is 0.330 e. The normalized spacial score (nSPS) is 17.2. The average molecular weight is 349 g/mol. The molecular formula is C21H19NO4. The van der Waals surface area contributed by atoms with Crippen molar-refractivity contribution in [2.24, 2.45) is 5.92 Å². The fourth-order valence-electron chi connectivity index (χ4n) is 3.80. The number of rotatable bonds is 4. The van der Waals surface area contributed by atoms with E-state index in [9.17, 15) is 14.4 Å². The molecule has 132 valence electrons. The molecule has 2 aromatic carbocycles. The van der Waals surface area contributed by atoms with Crippen LogP contribution in [0.1, 0.15) is 43.2 Å². The molecule has 5 heteroatoms. The van der Waals surface area contributed by atoms with Crippen molar-refractivity contribution in [1.29, 1.82) is 0 Å². The first-order valence-electron chi connectivity index (χ1n) is 8.82. The van der Waals surface area contributed by atoms with E-state index in [1.165, 1.54) is 22.3 Å². The van der Waals surface area contributed by atoms with Crippen LogP contribution in [-0.4, -0.2) is 22.8 Å². The van der Waals surface area contributed by atoms with Crippen LogP contribution in [0.4, 0.5) is 0 Å². The van der Waals surface area contributed by atoms with Crippen molar-refractivity contribution in [3.63, 3.8) is 0 Å². The zero-order valence-corrected chi connectivity index (χ0v) is 14.5. The lowest BCUT2D eigenvalue weighted by molar-refractivity contribution is -0.200. The van der Waals surface area contributed by atoms with E-state index in [0.717, 1.165) is 0 Å². The van der Waals surface area contributed by atoms with Crippen molar-refractivity contribution >= 4 is 17.8 Å². The number of carbonyl (C=O) groups excluding carboxylic acids is 3. The number of amides is 2. The Labute approximate surface area is 151 Å². The minimum atomic E-state index is -0.546. The van der Waals surface area contributed by atoms with E-state index < -0.39 is 23.7 Å². The lowest BCUT2D eigenvalue weighted by Gasteiger charge is -2.20. The second kappa shape index (κ2) is 6.41. The van der Waals surface area contributed by atoms with Crippen molar-refractivity contribution in [3.8, 4) is 11.1 Å². The van der Waals surface area contributed by atoms with Crippen LogP contribution >= 0.6 is 0 Å². The van der Waals surface area contributed by atoms with Gasteiger partial charge < -0.3 is 4.84 Å². The monoisotopic (exact) mass is 349 g/mol. The number of carbonyl (C=O) groups is 3. The van der Waals surface area contributed by atoms with Gasteiger partial charge in [0.05, 0.1) is 5.92 Å². The van der Waals surface area contributed by atoms with Crippen molar-refractivity contribution in [2.45, 2.75) is 32.1 Å². The maximum Gasteiger partial charge on any atom is 0.336 e.